The van der Waals surface area contributed by atoms with Gasteiger partial charge >= 0.3 is 12.1 Å². The van der Waals surface area contributed by atoms with Crippen molar-refractivity contribution in [1.82, 2.24) is 4.98 Å². The number of carbonyl (C=O) groups excluding carboxylic acids is 2. The van der Waals surface area contributed by atoms with Crippen LogP contribution in [-0.2, 0) is 15.7 Å². The first-order valence-corrected chi connectivity index (χ1v) is 10.6. The summed E-state index contributed by atoms with van der Waals surface area (Å²) in [6.45, 7) is 1.34. The Morgan fingerprint density at radius 3 is 2.29 bits per heavy atom. The molecule has 0 aliphatic carbocycles. The Bertz CT molecular complexity index is 1150. The summed E-state index contributed by atoms with van der Waals surface area (Å²) in [5.41, 5.74) is 0.688. The summed E-state index contributed by atoms with van der Waals surface area (Å²) in [4.78, 5) is 30.2. The number of methoxy groups -OCH3 is 1. The molecule has 1 saturated heterocycles. The number of piperidine rings is 1. The maximum atomic E-state index is 13.5. The summed E-state index contributed by atoms with van der Waals surface area (Å²) in [6, 6.07) is 14.8. The molecule has 3 aromatic rings. The van der Waals surface area contributed by atoms with Gasteiger partial charge in [-0.15, -0.1) is 0 Å². The third-order valence-electron chi connectivity index (χ3n) is 5.64. The van der Waals surface area contributed by atoms with Crippen LogP contribution in [0.2, 0.25) is 0 Å². The lowest BCUT2D eigenvalue weighted by atomic mass is 9.96. The molecular weight excluding hydrogens is 451 g/mol. The van der Waals surface area contributed by atoms with E-state index >= 15 is 0 Å². The first-order valence-electron chi connectivity index (χ1n) is 10.6. The van der Waals surface area contributed by atoms with Gasteiger partial charge in [0.05, 0.1) is 13.0 Å². The highest BCUT2D eigenvalue weighted by Crippen LogP contribution is 2.35. The van der Waals surface area contributed by atoms with E-state index in [4.69, 9.17) is 9.15 Å². The molecule has 7 nitrogen and oxygen atoms in total. The van der Waals surface area contributed by atoms with E-state index in [9.17, 15) is 22.8 Å². The number of oxazole rings is 1. The number of alkyl halides is 3. The Balaban J connectivity index is 1.47. The van der Waals surface area contributed by atoms with Crippen molar-refractivity contribution in [3.63, 3.8) is 0 Å². The molecule has 1 aromatic heterocycles. The fourth-order valence-electron chi connectivity index (χ4n) is 3.86. The molecule has 0 saturated carbocycles. The smallest absolute Gasteiger partial charge is 0.452 e. The number of nitrogens with zero attached hydrogens (tertiary/aromatic N) is 2. The average molecular weight is 473 g/mol. The molecule has 10 heteroatoms. The van der Waals surface area contributed by atoms with Gasteiger partial charge in [-0.3, -0.25) is 9.59 Å². The van der Waals surface area contributed by atoms with Crippen LogP contribution >= 0.6 is 0 Å². The van der Waals surface area contributed by atoms with Gasteiger partial charge in [0.25, 0.3) is 5.91 Å². The van der Waals surface area contributed by atoms with Crippen LogP contribution in [0.5, 0.6) is 0 Å². The van der Waals surface area contributed by atoms with Crippen molar-refractivity contribution < 1.29 is 31.9 Å². The van der Waals surface area contributed by atoms with Gasteiger partial charge in [-0.1, -0.05) is 18.2 Å². The van der Waals surface area contributed by atoms with Crippen LogP contribution in [0, 0.1) is 5.92 Å². The first-order chi connectivity index (χ1) is 16.3. The van der Waals surface area contributed by atoms with Crippen molar-refractivity contribution >= 4 is 23.3 Å². The van der Waals surface area contributed by atoms with Crippen LogP contribution < -0.4 is 10.2 Å². The van der Waals surface area contributed by atoms with Crippen molar-refractivity contribution in [1.29, 1.82) is 0 Å². The topological polar surface area (TPSA) is 84.7 Å². The maximum absolute atomic E-state index is 13.5. The fourth-order valence-corrected chi connectivity index (χ4v) is 3.86. The Labute approximate surface area is 193 Å². The molecule has 2 heterocycles. The molecule has 1 N–H and O–H groups in total. The molecule has 0 bridgehead atoms. The molecule has 2 aromatic carbocycles. The highest BCUT2D eigenvalue weighted by Gasteiger charge is 2.42. The summed E-state index contributed by atoms with van der Waals surface area (Å²) in [6.07, 6.45) is -3.55. The summed E-state index contributed by atoms with van der Waals surface area (Å²) in [5.74, 6) is -3.09. The van der Waals surface area contributed by atoms with Gasteiger partial charge in [0.2, 0.25) is 11.7 Å². The molecule has 0 atom stereocenters. The lowest BCUT2D eigenvalue weighted by Crippen LogP contribution is -2.36. The van der Waals surface area contributed by atoms with E-state index in [-0.39, 0.29) is 17.8 Å². The van der Waals surface area contributed by atoms with Gasteiger partial charge in [0.1, 0.15) is 0 Å². The second-order valence-electron chi connectivity index (χ2n) is 7.85. The predicted molar refractivity (Wildman–Crippen MR) is 118 cm³/mol. The van der Waals surface area contributed by atoms with Gasteiger partial charge in [-0.05, 0) is 49.2 Å². The SMILES string of the molecule is COC(=O)C1CCN(c2ccc(NC(=O)c3nc(-c4ccccc4)oc3C(F)(F)F)cc2)CC1. The molecule has 1 aliphatic heterocycles. The van der Waals surface area contributed by atoms with Gasteiger partial charge in [0, 0.05) is 30.0 Å². The highest BCUT2D eigenvalue weighted by atomic mass is 19.4. The Kier molecular flexibility index (Phi) is 6.58. The average Bonchev–Trinajstić information content (AvgIpc) is 3.31. The summed E-state index contributed by atoms with van der Waals surface area (Å²) in [5, 5.41) is 2.45. The summed E-state index contributed by atoms with van der Waals surface area (Å²) >= 11 is 0. The second kappa shape index (κ2) is 9.58. The largest absolute Gasteiger partial charge is 0.469 e. The van der Waals surface area contributed by atoms with Gasteiger partial charge in [0.15, 0.2) is 5.69 Å². The number of ether oxygens (including phenoxy) is 1. The number of hydrogen-bond acceptors (Lipinski definition) is 6. The summed E-state index contributed by atoms with van der Waals surface area (Å²) < 4.78 is 50.2. The predicted octanol–water partition coefficient (Wildman–Crippen LogP) is 5.00. The zero-order chi connectivity index (χ0) is 24.3. The summed E-state index contributed by atoms with van der Waals surface area (Å²) in [7, 11) is 1.38. The monoisotopic (exact) mass is 473 g/mol. The third kappa shape index (κ3) is 5.05. The number of hydrogen-bond donors (Lipinski definition) is 1. The molecule has 34 heavy (non-hydrogen) atoms. The Hall–Kier alpha value is -3.82. The molecule has 0 radical (unpaired) electrons. The fraction of sp³-hybridized carbons (Fsp3) is 0.292. The van der Waals surface area contributed by atoms with E-state index < -0.39 is 23.5 Å². The van der Waals surface area contributed by atoms with Gasteiger partial charge in [-0.2, -0.15) is 13.2 Å². The lowest BCUT2D eigenvalue weighted by molar-refractivity contribution is -0.153. The van der Waals surface area contributed by atoms with Crippen LogP contribution in [0.3, 0.4) is 0 Å². The molecule has 0 spiro atoms. The van der Waals surface area contributed by atoms with Crippen LogP contribution in [0.15, 0.2) is 59.0 Å². The lowest BCUT2D eigenvalue weighted by Gasteiger charge is -2.32. The van der Waals surface area contributed by atoms with Crippen LogP contribution in [-0.4, -0.2) is 37.1 Å². The molecule has 1 aliphatic rings. The van der Waals surface area contributed by atoms with Crippen molar-refractivity contribution in [2.24, 2.45) is 5.92 Å². The van der Waals surface area contributed by atoms with E-state index in [1.165, 1.54) is 7.11 Å². The number of anilines is 2. The van der Waals surface area contributed by atoms with Crippen molar-refractivity contribution in [3.05, 3.63) is 66.1 Å². The molecule has 4 rings (SSSR count). The minimum absolute atomic E-state index is 0.120. The maximum Gasteiger partial charge on any atom is 0.452 e. The minimum Gasteiger partial charge on any atom is -0.469 e. The van der Waals surface area contributed by atoms with Gasteiger partial charge in [-0.25, -0.2) is 4.98 Å². The standard InChI is InChI=1S/C24H22F3N3O4/c1-33-23(32)16-11-13-30(14-12-16)18-9-7-17(8-10-18)28-21(31)19-20(24(25,26)27)34-22(29-19)15-5-3-2-4-6-15/h2-10,16H,11-14H2,1H3,(H,28,31). The Morgan fingerprint density at radius 1 is 1.06 bits per heavy atom. The first kappa shape index (κ1) is 23.3. The van der Waals surface area contributed by atoms with Crippen LogP contribution in [0.4, 0.5) is 24.5 Å². The van der Waals surface area contributed by atoms with Crippen molar-refractivity contribution in [2.45, 2.75) is 19.0 Å². The van der Waals surface area contributed by atoms with E-state index in [0.717, 1.165) is 5.69 Å². The quantitative estimate of drug-likeness (QED) is 0.525. The number of amides is 1. The number of benzene rings is 2. The highest BCUT2D eigenvalue weighted by molar-refractivity contribution is 6.04. The van der Waals surface area contributed by atoms with E-state index in [1.807, 2.05) is 0 Å². The van der Waals surface area contributed by atoms with E-state index in [0.29, 0.717) is 37.2 Å². The van der Waals surface area contributed by atoms with Crippen LogP contribution in [0.1, 0.15) is 29.1 Å². The number of esters is 1. The zero-order valence-corrected chi connectivity index (χ0v) is 18.3. The zero-order valence-electron chi connectivity index (χ0n) is 18.3. The third-order valence-corrected chi connectivity index (χ3v) is 5.64. The van der Waals surface area contributed by atoms with Crippen molar-refractivity contribution in [3.8, 4) is 11.5 Å². The van der Waals surface area contributed by atoms with E-state index in [2.05, 4.69) is 15.2 Å². The van der Waals surface area contributed by atoms with Crippen LogP contribution in [0.25, 0.3) is 11.5 Å². The Morgan fingerprint density at radius 2 is 1.71 bits per heavy atom. The van der Waals surface area contributed by atoms with E-state index in [1.54, 1.807) is 54.6 Å². The molecule has 1 fully saturated rings. The normalized spacial score (nSPS) is 14.6. The number of nitrogens with one attached hydrogen (secondary N) is 1. The molecular formula is C24H22F3N3O4. The molecule has 0 unspecified atom stereocenters. The van der Waals surface area contributed by atoms with Gasteiger partial charge < -0.3 is 19.4 Å². The number of aromatic nitrogens is 1. The number of halogens is 3. The minimum atomic E-state index is -4.88. The number of carbonyl (C=O) groups is 2. The number of rotatable bonds is 5. The molecule has 1 amide bonds. The second-order valence-corrected chi connectivity index (χ2v) is 7.85. The van der Waals surface area contributed by atoms with Crippen molar-refractivity contribution in [2.75, 3.05) is 30.4 Å². The molecule has 178 valence electrons.